The van der Waals surface area contributed by atoms with E-state index in [1.807, 2.05) is 0 Å². The lowest BCUT2D eigenvalue weighted by molar-refractivity contribution is -0.644. The molecule has 2 nitrogen and oxygen atoms in total. The lowest BCUT2D eigenvalue weighted by Crippen LogP contribution is -2.28. The summed E-state index contributed by atoms with van der Waals surface area (Å²) in [5.74, 6) is 6.15. The molecule has 4 aromatic carbocycles. The number of aromatic nitrogens is 2. The SMILES string of the molecule is CCn1c2ccc(C#Cc3ccc(F)cc3)cc2c2cc(/C=C/c3cc[n+](C)c4ccccc34)ccc21. The molecule has 3 heteroatoms. The number of hydrogen-bond acceptors (Lipinski definition) is 0. The fourth-order valence-corrected chi connectivity index (χ4v) is 5.04. The van der Waals surface area contributed by atoms with E-state index in [0.717, 1.165) is 23.2 Å². The van der Waals surface area contributed by atoms with E-state index in [-0.39, 0.29) is 5.82 Å². The van der Waals surface area contributed by atoms with Gasteiger partial charge in [-0.2, -0.15) is 0 Å². The van der Waals surface area contributed by atoms with Gasteiger partial charge in [0.05, 0.1) is 5.39 Å². The van der Waals surface area contributed by atoms with Crippen LogP contribution in [0.25, 0.3) is 44.9 Å². The number of aryl methyl sites for hydroxylation is 2. The molecule has 6 aromatic rings. The Kier molecular flexibility index (Phi) is 5.79. The first-order valence-electron chi connectivity index (χ1n) is 12.5. The molecule has 0 aliphatic heterocycles. The van der Waals surface area contributed by atoms with Crippen LogP contribution in [0.15, 0.2) is 97.2 Å². The molecule has 6 rings (SSSR count). The van der Waals surface area contributed by atoms with E-state index in [1.165, 1.54) is 50.4 Å². The van der Waals surface area contributed by atoms with Crippen molar-refractivity contribution in [1.29, 1.82) is 0 Å². The maximum absolute atomic E-state index is 13.2. The summed E-state index contributed by atoms with van der Waals surface area (Å²) in [7, 11) is 2.07. The predicted octanol–water partition coefficient (Wildman–Crippen LogP) is 7.50. The minimum absolute atomic E-state index is 0.251. The second-order valence-electron chi connectivity index (χ2n) is 9.24. The zero-order valence-corrected chi connectivity index (χ0v) is 20.9. The highest BCUT2D eigenvalue weighted by atomic mass is 19.1. The molecular weight excluding hydrogens is 455 g/mol. The monoisotopic (exact) mass is 481 g/mol. The predicted molar refractivity (Wildman–Crippen MR) is 152 cm³/mol. The molecule has 0 saturated heterocycles. The van der Waals surface area contributed by atoms with Crippen molar-refractivity contribution < 1.29 is 8.96 Å². The molecule has 0 bridgehead atoms. The van der Waals surface area contributed by atoms with E-state index in [1.54, 1.807) is 12.1 Å². The molecule has 0 saturated carbocycles. The van der Waals surface area contributed by atoms with Crippen molar-refractivity contribution in [2.75, 3.05) is 0 Å². The van der Waals surface area contributed by atoms with Crippen molar-refractivity contribution in [2.45, 2.75) is 13.5 Å². The maximum atomic E-state index is 13.2. The summed E-state index contributed by atoms with van der Waals surface area (Å²) in [6, 6.07) is 30.0. The van der Waals surface area contributed by atoms with Gasteiger partial charge in [-0.15, -0.1) is 0 Å². The third-order valence-corrected chi connectivity index (χ3v) is 6.93. The van der Waals surface area contributed by atoms with E-state index in [0.29, 0.717) is 0 Å². The average molecular weight is 482 g/mol. The Labute approximate surface area is 215 Å². The van der Waals surface area contributed by atoms with Gasteiger partial charge in [0.25, 0.3) is 0 Å². The molecule has 0 aliphatic carbocycles. The number of benzene rings is 4. The van der Waals surface area contributed by atoms with E-state index >= 15 is 0 Å². The first kappa shape index (κ1) is 22.8. The van der Waals surface area contributed by atoms with Crippen LogP contribution in [0, 0.1) is 17.7 Å². The lowest BCUT2D eigenvalue weighted by Gasteiger charge is -2.03. The lowest BCUT2D eigenvalue weighted by atomic mass is 10.0. The minimum Gasteiger partial charge on any atom is -0.341 e. The highest BCUT2D eigenvalue weighted by molar-refractivity contribution is 6.09. The van der Waals surface area contributed by atoms with Crippen LogP contribution in [0.1, 0.15) is 29.2 Å². The van der Waals surface area contributed by atoms with Crippen LogP contribution in [0.5, 0.6) is 0 Å². The van der Waals surface area contributed by atoms with Crippen molar-refractivity contribution >= 4 is 44.9 Å². The van der Waals surface area contributed by atoms with Crippen LogP contribution in [-0.4, -0.2) is 4.57 Å². The van der Waals surface area contributed by atoms with Crippen LogP contribution >= 0.6 is 0 Å². The zero-order valence-electron chi connectivity index (χ0n) is 20.9. The summed E-state index contributed by atoms with van der Waals surface area (Å²) in [6.45, 7) is 3.07. The summed E-state index contributed by atoms with van der Waals surface area (Å²) in [6.07, 6.45) is 6.49. The summed E-state index contributed by atoms with van der Waals surface area (Å²) in [4.78, 5) is 0. The Bertz CT molecular complexity index is 1880. The Morgan fingerprint density at radius 2 is 1.46 bits per heavy atom. The first-order valence-corrected chi connectivity index (χ1v) is 12.5. The van der Waals surface area contributed by atoms with Gasteiger partial charge in [-0.1, -0.05) is 42.2 Å². The molecular formula is C34H26FN2+. The molecule has 0 radical (unpaired) electrons. The van der Waals surface area contributed by atoms with E-state index in [2.05, 4.69) is 120 Å². The third kappa shape index (κ3) is 4.28. The number of pyridine rings is 1. The fourth-order valence-electron chi connectivity index (χ4n) is 5.04. The second-order valence-corrected chi connectivity index (χ2v) is 9.24. The number of hydrogen-bond donors (Lipinski definition) is 0. The normalized spacial score (nSPS) is 11.4. The van der Waals surface area contributed by atoms with Gasteiger partial charge in [-0.05, 0) is 78.7 Å². The van der Waals surface area contributed by atoms with Gasteiger partial charge >= 0.3 is 0 Å². The van der Waals surface area contributed by atoms with Gasteiger partial charge in [0.15, 0.2) is 6.20 Å². The van der Waals surface area contributed by atoms with Gasteiger partial charge in [0.2, 0.25) is 5.52 Å². The number of rotatable bonds is 3. The van der Waals surface area contributed by atoms with Gasteiger partial charge in [0, 0.05) is 51.6 Å². The Balaban J connectivity index is 1.42. The van der Waals surface area contributed by atoms with E-state index in [9.17, 15) is 4.39 Å². The van der Waals surface area contributed by atoms with Gasteiger partial charge in [-0.25, -0.2) is 8.96 Å². The summed E-state index contributed by atoms with van der Waals surface area (Å²) < 4.78 is 17.7. The molecule has 2 heterocycles. The van der Waals surface area contributed by atoms with E-state index < -0.39 is 0 Å². The highest BCUT2D eigenvalue weighted by Gasteiger charge is 2.11. The number of para-hydroxylation sites is 1. The minimum atomic E-state index is -0.251. The Morgan fingerprint density at radius 3 is 2.27 bits per heavy atom. The molecule has 178 valence electrons. The summed E-state index contributed by atoms with van der Waals surface area (Å²) in [5.41, 5.74) is 7.72. The summed E-state index contributed by atoms with van der Waals surface area (Å²) >= 11 is 0. The molecule has 0 N–H and O–H groups in total. The van der Waals surface area contributed by atoms with Gasteiger partial charge in [-0.3, -0.25) is 0 Å². The second kappa shape index (κ2) is 9.41. The largest absolute Gasteiger partial charge is 0.341 e. The van der Waals surface area contributed by atoms with Crippen molar-refractivity contribution in [3.05, 3.63) is 125 Å². The average Bonchev–Trinajstić information content (AvgIpc) is 3.25. The maximum Gasteiger partial charge on any atom is 0.212 e. The first-order chi connectivity index (χ1) is 18.1. The standard InChI is InChI=1S/C34H26FN2/c1-3-37-33-18-13-25(9-8-24-11-16-28(35)17-12-24)22-30(33)31-23-26(14-19-34(31)37)10-15-27-20-21-36(2)32-7-5-4-6-29(27)32/h4-7,10-23H,3H2,1-2H3/q+1. The number of nitrogens with zero attached hydrogens (tertiary/aromatic N) is 2. The highest BCUT2D eigenvalue weighted by Crippen LogP contribution is 2.31. The number of fused-ring (bicyclic) bond motifs is 4. The van der Waals surface area contributed by atoms with Crippen molar-refractivity contribution in [3.8, 4) is 11.8 Å². The molecule has 37 heavy (non-hydrogen) atoms. The molecule has 0 spiro atoms. The molecule has 0 amide bonds. The van der Waals surface area contributed by atoms with Crippen molar-refractivity contribution in [1.82, 2.24) is 4.57 Å². The fraction of sp³-hybridized carbons (Fsp3) is 0.0882. The molecule has 0 aliphatic rings. The smallest absolute Gasteiger partial charge is 0.212 e. The quantitative estimate of drug-likeness (QED) is 0.183. The topological polar surface area (TPSA) is 8.81 Å². The van der Waals surface area contributed by atoms with Crippen LogP contribution in [0.3, 0.4) is 0 Å². The van der Waals surface area contributed by atoms with E-state index in [4.69, 9.17) is 0 Å². The summed E-state index contributed by atoms with van der Waals surface area (Å²) in [5, 5.41) is 3.64. The Morgan fingerprint density at radius 1 is 0.757 bits per heavy atom. The third-order valence-electron chi connectivity index (χ3n) is 6.93. The van der Waals surface area contributed by atoms with Crippen molar-refractivity contribution in [3.63, 3.8) is 0 Å². The van der Waals surface area contributed by atoms with Crippen LogP contribution < -0.4 is 4.57 Å². The molecule has 0 atom stereocenters. The Hall–Kier alpha value is -4.68. The van der Waals surface area contributed by atoms with Crippen LogP contribution in [0.4, 0.5) is 4.39 Å². The molecule has 2 aromatic heterocycles. The van der Waals surface area contributed by atoms with Gasteiger partial charge in [0.1, 0.15) is 12.9 Å². The van der Waals surface area contributed by atoms with Crippen LogP contribution in [-0.2, 0) is 13.6 Å². The molecule has 0 unspecified atom stereocenters. The number of halogens is 1. The molecule has 0 fully saturated rings. The van der Waals surface area contributed by atoms with Crippen molar-refractivity contribution in [2.24, 2.45) is 7.05 Å². The zero-order chi connectivity index (χ0) is 25.4. The van der Waals surface area contributed by atoms with Crippen LogP contribution in [0.2, 0.25) is 0 Å². The van der Waals surface area contributed by atoms with Gasteiger partial charge < -0.3 is 4.57 Å².